The predicted molar refractivity (Wildman–Crippen MR) is 89.2 cm³/mol. The Kier molecular flexibility index (Phi) is 4.96. The van der Waals surface area contributed by atoms with Gasteiger partial charge in [-0.25, -0.2) is 4.79 Å². The number of rotatable bonds is 4. The first-order valence-corrected chi connectivity index (χ1v) is 9.14. The van der Waals surface area contributed by atoms with Gasteiger partial charge in [0.05, 0.1) is 0 Å². The second-order valence-electron chi connectivity index (χ2n) is 7.34. The van der Waals surface area contributed by atoms with Crippen LogP contribution in [0.3, 0.4) is 0 Å². The Morgan fingerprint density at radius 1 is 1.12 bits per heavy atom. The lowest BCUT2D eigenvalue weighted by Crippen LogP contribution is -2.48. The summed E-state index contributed by atoms with van der Waals surface area (Å²) in [7, 11) is 0. The Morgan fingerprint density at radius 3 is 2.36 bits per heavy atom. The molecule has 3 N–H and O–H groups in total. The van der Waals surface area contributed by atoms with Crippen LogP contribution in [0.5, 0.6) is 0 Å². The average molecular weight is 350 g/mol. The summed E-state index contributed by atoms with van der Waals surface area (Å²) in [6, 6.07) is -0.382. The van der Waals surface area contributed by atoms with Crippen LogP contribution in [-0.4, -0.2) is 58.7 Å². The van der Waals surface area contributed by atoms with Gasteiger partial charge in [0, 0.05) is 32.0 Å². The maximum absolute atomic E-state index is 12.7. The van der Waals surface area contributed by atoms with Crippen LogP contribution in [0.4, 0.5) is 4.79 Å². The molecule has 0 radical (unpaired) electrons. The fourth-order valence-corrected chi connectivity index (χ4v) is 4.15. The van der Waals surface area contributed by atoms with Gasteiger partial charge in [0.2, 0.25) is 11.8 Å². The maximum Gasteiger partial charge on any atom is 0.325 e. The first-order valence-electron chi connectivity index (χ1n) is 9.14. The molecule has 1 saturated carbocycles. The molecule has 0 unspecified atom stereocenters. The third kappa shape index (κ3) is 3.48. The third-order valence-corrected chi connectivity index (χ3v) is 5.75. The first-order chi connectivity index (χ1) is 11.9. The molecule has 8 nitrogen and oxygen atoms in total. The van der Waals surface area contributed by atoms with E-state index in [0.717, 1.165) is 19.3 Å². The lowest BCUT2D eigenvalue weighted by atomic mass is 9.82. The lowest BCUT2D eigenvalue weighted by Gasteiger charge is -2.31. The van der Waals surface area contributed by atoms with Gasteiger partial charge < -0.3 is 16.0 Å². The molecule has 3 rings (SSSR count). The summed E-state index contributed by atoms with van der Waals surface area (Å²) >= 11 is 0. The minimum atomic E-state index is -0.738. The van der Waals surface area contributed by atoms with Crippen LogP contribution in [0.25, 0.3) is 0 Å². The zero-order chi connectivity index (χ0) is 18.0. The number of nitrogens with one attached hydrogen (secondary N) is 1. The Bertz CT molecular complexity index is 577. The highest BCUT2D eigenvalue weighted by Crippen LogP contribution is 2.33. The van der Waals surface area contributed by atoms with E-state index in [4.69, 9.17) is 5.73 Å². The molecule has 2 aliphatic heterocycles. The summed E-state index contributed by atoms with van der Waals surface area (Å²) in [5.74, 6) is -0.754. The molecule has 0 aromatic heterocycles. The van der Waals surface area contributed by atoms with Crippen molar-refractivity contribution in [3.63, 3.8) is 0 Å². The highest BCUT2D eigenvalue weighted by molar-refractivity contribution is 6.07. The zero-order valence-electron chi connectivity index (χ0n) is 14.5. The summed E-state index contributed by atoms with van der Waals surface area (Å²) < 4.78 is 0. The van der Waals surface area contributed by atoms with E-state index >= 15 is 0 Å². The Labute approximate surface area is 147 Å². The van der Waals surface area contributed by atoms with E-state index in [-0.39, 0.29) is 42.6 Å². The molecular weight excluding hydrogens is 324 g/mol. The van der Waals surface area contributed by atoms with E-state index in [1.54, 1.807) is 4.90 Å². The molecule has 8 heteroatoms. The molecule has 2 heterocycles. The van der Waals surface area contributed by atoms with Gasteiger partial charge in [-0.2, -0.15) is 0 Å². The van der Waals surface area contributed by atoms with Gasteiger partial charge in [-0.3, -0.25) is 19.3 Å². The van der Waals surface area contributed by atoms with Crippen molar-refractivity contribution in [3.8, 4) is 0 Å². The molecule has 1 spiro atoms. The highest BCUT2D eigenvalue weighted by Gasteiger charge is 2.51. The number of nitrogens with zero attached hydrogens (tertiary/aromatic N) is 2. The molecule has 2 saturated heterocycles. The van der Waals surface area contributed by atoms with Crippen molar-refractivity contribution >= 4 is 23.8 Å². The van der Waals surface area contributed by atoms with Crippen molar-refractivity contribution in [2.45, 2.75) is 56.9 Å². The van der Waals surface area contributed by atoms with E-state index in [1.165, 1.54) is 4.90 Å². The van der Waals surface area contributed by atoms with E-state index in [1.807, 2.05) is 0 Å². The lowest BCUT2D eigenvalue weighted by molar-refractivity contribution is -0.136. The fourth-order valence-electron chi connectivity index (χ4n) is 4.15. The third-order valence-electron chi connectivity index (χ3n) is 5.75. The number of urea groups is 1. The first kappa shape index (κ1) is 17.7. The molecule has 0 aromatic rings. The topological polar surface area (TPSA) is 113 Å². The molecular formula is C17H26N4O4. The number of hydrogen-bond acceptors (Lipinski definition) is 4. The summed E-state index contributed by atoms with van der Waals surface area (Å²) in [6.07, 6.45) is 5.61. The highest BCUT2D eigenvalue weighted by atomic mass is 16.2. The maximum atomic E-state index is 12.7. The Balaban J connectivity index is 1.51. The van der Waals surface area contributed by atoms with Crippen LogP contribution in [0.15, 0.2) is 0 Å². The standard InChI is InChI=1S/C17H26N4O4/c18-14(23)12-4-9-20(10-5-12)13(22)6-11-21-15(24)17(19-16(21)25)7-2-1-3-8-17/h12H,1-11H2,(H2,18,23)(H,19,25). The Hall–Kier alpha value is -2.12. The second-order valence-corrected chi connectivity index (χ2v) is 7.34. The number of amides is 5. The van der Waals surface area contributed by atoms with Gasteiger partial charge in [-0.1, -0.05) is 19.3 Å². The Morgan fingerprint density at radius 2 is 1.76 bits per heavy atom. The number of likely N-dealkylation sites (tertiary alicyclic amines) is 1. The molecule has 0 atom stereocenters. The summed E-state index contributed by atoms with van der Waals surface area (Å²) in [4.78, 5) is 51.3. The molecule has 3 aliphatic rings. The van der Waals surface area contributed by atoms with Crippen molar-refractivity contribution in [1.29, 1.82) is 0 Å². The van der Waals surface area contributed by atoms with Crippen molar-refractivity contribution < 1.29 is 19.2 Å². The van der Waals surface area contributed by atoms with Crippen LogP contribution in [0.2, 0.25) is 0 Å². The van der Waals surface area contributed by atoms with Crippen LogP contribution < -0.4 is 11.1 Å². The van der Waals surface area contributed by atoms with Crippen molar-refractivity contribution in [3.05, 3.63) is 0 Å². The number of hydrogen-bond donors (Lipinski definition) is 2. The van der Waals surface area contributed by atoms with Crippen LogP contribution in [0.1, 0.15) is 51.4 Å². The minimum absolute atomic E-state index is 0.0897. The summed E-state index contributed by atoms with van der Waals surface area (Å²) in [5.41, 5.74) is 4.56. The predicted octanol–water partition coefficient (Wildman–Crippen LogP) is 0.355. The van der Waals surface area contributed by atoms with E-state index in [2.05, 4.69) is 5.32 Å². The van der Waals surface area contributed by atoms with Gasteiger partial charge >= 0.3 is 6.03 Å². The van der Waals surface area contributed by atoms with Crippen LogP contribution in [0, 0.1) is 5.92 Å². The number of carbonyl (C=O) groups excluding carboxylic acids is 4. The minimum Gasteiger partial charge on any atom is -0.369 e. The van der Waals surface area contributed by atoms with E-state index in [9.17, 15) is 19.2 Å². The molecule has 0 bridgehead atoms. The van der Waals surface area contributed by atoms with E-state index in [0.29, 0.717) is 38.8 Å². The van der Waals surface area contributed by atoms with Crippen molar-refractivity contribution in [2.75, 3.05) is 19.6 Å². The largest absolute Gasteiger partial charge is 0.369 e. The van der Waals surface area contributed by atoms with E-state index < -0.39 is 5.54 Å². The van der Waals surface area contributed by atoms with Gasteiger partial charge in [-0.05, 0) is 25.7 Å². The van der Waals surface area contributed by atoms with Gasteiger partial charge in [-0.15, -0.1) is 0 Å². The number of imide groups is 1. The van der Waals surface area contributed by atoms with Gasteiger partial charge in [0.25, 0.3) is 5.91 Å². The molecule has 5 amide bonds. The summed E-state index contributed by atoms with van der Waals surface area (Å²) in [6.45, 7) is 1.11. The van der Waals surface area contributed by atoms with Crippen LogP contribution in [-0.2, 0) is 14.4 Å². The summed E-state index contributed by atoms with van der Waals surface area (Å²) in [5, 5.41) is 2.85. The zero-order valence-corrected chi connectivity index (χ0v) is 14.5. The second kappa shape index (κ2) is 7.01. The quantitative estimate of drug-likeness (QED) is 0.713. The SMILES string of the molecule is NC(=O)C1CCN(C(=O)CCN2C(=O)NC3(CCCCC3)C2=O)CC1. The number of primary amides is 1. The molecule has 1 aliphatic carbocycles. The smallest absolute Gasteiger partial charge is 0.325 e. The average Bonchev–Trinajstić information content (AvgIpc) is 2.83. The molecule has 0 aromatic carbocycles. The number of nitrogens with two attached hydrogens (primary N) is 1. The monoisotopic (exact) mass is 350 g/mol. The molecule has 3 fully saturated rings. The number of piperidine rings is 1. The van der Waals surface area contributed by atoms with Crippen molar-refractivity contribution in [1.82, 2.24) is 15.1 Å². The number of carbonyl (C=O) groups is 4. The van der Waals surface area contributed by atoms with Crippen molar-refractivity contribution in [2.24, 2.45) is 11.7 Å². The molecule has 25 heavy (non-hydrogen) atoms. The van der Waals surface area contributed by atoms with Gasteiger partial charge in [0.15, 0.2) is 0 Å². The normalized spacial score (nSPS) is 23.8. The fraction of sp³-hybridized carbons (Fsp3) is 0.765. The van der Waals surface area contributed by atoms with Crippen LogP contribution >= 0.6 is 0 Å². The van der Waals surface area contributed by atoms with Gasteiger partial charge in [0.1, 0.15) is 5.54 Å². The molecule has 138 valence electrons.